The number of carbonyl (C=O) groups excluding carboxylic acids is 1. The van der Waals surface area contributed by atoms with Crippen LogP contribution in [0.25, 0.3) is 11.1 Å². The average Bonchev–Trinajstić information content (AvgIpc) is 3.42. The van der Waals surface area contributed by atoms with Crippen LogP contribution in [0.4, 0.5) is 10.5 Å². The van der Waals surface area contributed by atoms with E-state index in [2.05, 4.69) is 15.7 Å². The summed E-state index contributed by atoms with van der Waals surface area (Å²) in [5.74, 6) is 0. The van der Waals surface area contributed by atoms with Crippen LogP contribution in [0.15, 0.2) is 73.1 Å². The molecule has 2 amide bonds. The molecule has 2 fully saturated rings. The Morgan fingerprint density at radius 2 is 1.80 bits per heavy atom. The van der Waals surface area contributed by atoms with E-state index in [4.69, 9.17) is 9.47 Å². The number of carbonyl (C=O) groups is 1. The summed E-state index contributed by atoms with van der Waals surface area (Å²) in [5.41, 5.74) is 2.62. The van der Waals surface area contributed by atoms with Gasteiger partial charge in [0.15, 0.2) is 6.29 Å². The van der Waals surface area contributed by atoms with Crippen molar-refractivity contribution in [3.63, 3.8) is 0 Å². The van der Waals surface area contributed by atoms with Crippen LogP contribution in [-0.2, 0) is 9.47 Å². The molecule has 8 nitrogen and oxygen atoms in total. The number of hydrogen-bond donors (Lipinski definition) is 3. The van der Waals surface area contributed by atoms with E-state index in [1.165, 1.54) is 0 Å². The average molecular weight is 406 g/mol. The molecule has 3 aromatic rings. The lowest BCUT2D eigenvalue weighted by atomic mass is 9.96. The fourth-order valence-electron chi connectivity index (χ4n) is 3.98. The predicted molar refractivity (Wildman–Crippen MR) is 110 cm³/mol. The highest BCUT2D eigenvalue weighted by Gasteiger charge is 2.51. The van der Waals surface area contributed by atoms with Gasteiger partial charge in [-0.05, 0) is 17.7 Å². The highest BCUT2D eigenvalue weighted by atomic mass is 16.7. The predicted octanol–water partition coefficient (Wildman–Crippen LogP) is 2.40. The van der Waals surface area contributed by atoms with Crippen LogP contribution in [0, 0.1) is 0 Å². The monoisotopic (exact) mass is 406 g/mol. The number of benzene rings is 2. The van der Waals surface area contributed by atoms with Gasteiger partial charge in [-0.3, -0.25) is 4.68 Å². The second-order valence-electron chi connectivity index (χ2n) is 7.42. The molecule has 2 aliphatic heterocycles. The van der Waals surface area contributed by atoms with E-state index in [0.717, 1.165) is 11.1 Å². The first-order valence-corrected chi connectivity index (χ1v) is 9.86. The highest BCUT2D eigenvalue weighted by Crippen LogP contribution is 2.36. The molecular formula is C22H22N4O4. The van der Waals surface area contributed by atoms with Crippen LogP contribution in [0.5, 0.6) is 0 Å². The fourth-order valence-corrected chi connectivity index (χ4v) is 3.98. The summed E-state index contributed by atoms with van der Waals surface area (Å²) in [7, 11) is 0. The maximum absolute atomic E-state index is 12.5. The van der Waals surface area contributed by atoms with Gasteiger partial charge in [-0.1, -0.05) is 48.5 Å². The summed E-state index contributed by atoms with van der Waals surface area (Å²) >= 11 is 0. The zero-order valence-electron chi connectivity index (χ0n) is 16.1. The Hall–Kier alpha value is -3.20. The smallest absolute Gasteiger partial charge is 0.319 e. The number of aliphatic hydroxyl groups is 1. The molecule has 0 spiro atoms. The zero-order chi connectivity index (χ0) is 20.5. The summed E-state index contributed by atoms with van der Waals surface area (Å²) < 4.78 is 13.3. The van der Waals surface area contributed by atoms with Gasteiger partial charge in [-0.25, -0.2) is 4.79 Å². The van der Waals surface area contributed by atoms with Gasteiger partial charge in [-0.15, -0.1) is 0 Å². The van der Waals surface area contributed by atoms with Crippen LogP contribution in [0.3, 0.4) is 0 Å². The van der Waals surface area contributed by atoms with Crippen molar-refractivity contribution in [2.24, 2.45) is 0 Å². The Balaban J connectivity index is 1.34. The molecule has 2 bridgehead atoms. The number of rotatable bonds is 4. The number of hydrogen-bond acceptors (Lipinski definition) is 5. The SMILES string of the molecule is O=C(Nc1ccccc1)N[C@H]1[C@H](O)[C@@H](n2cc(-c3ccccc3)cn2)[C@@H]2OC[C@H]1O2. The maximum atomic E-state index is 12.5. The number of aliphatic hydroxyl groups excluding tert-OH is 1. The number of amides is 2. The van der Waals surface area contributed by atoms with Gasteiger partial charge in [0.2, 0.25) is 0 Å². The van der Waals surface area contributed by atoms with E-state index < -0.39 is 36.6 Å². The summed E-state index contributed by atoms with van der Waals surface area (Å²) in [5, 5.41) is 21.1. The molecule has 1 aromatic heterocycles. The molecule has 5 rings (SSSR count). The molecule has 0 saturated carbocycles. The Morgan fingerprint density at radius 3 is 2.57 bits per heavy atom. The first kappa shape index (κ1) is 18.8. The van der Waals surface area contributed by atoms with E-state index in [0.29, 0.717) is 12.3 Å². The normalized spacial score (nSPS) is 27.6. The fraction of sp³-hybridized carbons (Fsp3) is 0.273. The van der Waals surface area contributed by atoms with Crippen molar-refractivity contribution in [1.29, 1.82) is 0 Å². The number of nitrogens with one attached hydrogen (secondary N) is 2. The van der Waals surface area contributed by atoms with Crippen molar-refractivity contribution < 1.29 is 19.4 Å². The van der Waals surface area contributed by atoms with E-state index in [9.17, 15) is 9.90 Å². The molecule has 30 heavy (non-hydrogen) atoms. The van der Waals surface area contributed by atoms with Crippen molar-refractivity contribution in [1.82, 2.24) is 15.1 Å². The topological polar surface area (TPSA) is 97.6 Å². The Bertz CT molecular complexity index is 1010. The minimum atomic E-state index is -0.929. The lowest BCUT2D eigenvalue weighted by Crippen LogP contribution is -2.59. The largest absolute Gasteiger partial charge is 0.388 e. The van der Waals surface area contributed by atoms with Gasteiger partial charge in [0.05, 0.1) is 18.8 Å². The first-order valence-electron chi connectivity index (χ1n) is 9.86. The van der Waals surface area contributed by atoms with Crippen molar-refractivity contribution >= 4 is 11.7 Å². The molecule has 2 saturated heterocycles. The van der Waals surface area contributed by atoms with Crippen molar-refractivity contribution in [3.05, 3.63) is 73.1 Å². The van der Waals surface area contributed by atoms with Crippen molar-refractivity contribution in [2.75, 3.05) is 11.9 Å². The van der Waals surface area contributed by atoms with Gasteiger partial charge in [0.25, 0.3) is 0 Å². The standard InChI is InChI=1S/C22H22N4O4/c27-20-18(25-22(28)24-16-9-5-2-6-10-16)17-13-29-21(30-17)19(20)26-12-15(11-23-26)14-7-3-1-4-8-14/h1-12,17-21,27H,13H2,(H2,24,25,28)/t17-,18-,19-,20+,21-/m1/s1. The van der Waals surface area contributed by atoms with E-state index in [1.807, 2.05) is 54.7 Å². The molecule has 3 N–H and O–H groups in total. The van der Waals surface area contributed by atoms with E-state index >= 15 is 0 Å². The number of nitrogens with zero attached hydrogens (tertiary/aromatic N) is 2. The molecule has 3 heterocycles. The van der Waals surface area contributed by atoms with Gasteiger partial charge < -0.3 is 25.2 Å². The number of para-hydroxylation sites is 1. The second kappa shape index (κ2) is 7.91. The van der Waals surface area contributed by atoms with E-state index in [-0.39, 0.29) is 0 Å². The number of aromatic nitrogens is 2. The first-order chi connectivity index (χ1) is 14.7. The third-order valence-electron chi connectivity index (χ3n) is 5.47. The van der Waals surface area contributed by atoms with E-state index in [1.54, 1.807) is 23.0 Å². The number of anilines is 1. The molecule has 0 unspecified atom stereocenters. The van der Waals surface area contributed by atoms with Crippen molar-refractivity contribution in [3.8, 4) is 11.1 Å². The zero-order valence-corrected chi connectivity index (χ0v) is 16.1. The summed E-state index contributed by atoms with van der Waals surface area (Å²) in [4.78, 5) is 12.5. The quantitative estimate of drug-likeness (QED) is 0.618. The van der Waals surface area contributed by atoms with Gasteiger partial charge in [-0.2, -0.15) is 5.10 Å². The third-order valence-corrected chi connectivity index (χ3v) is 5.47. The molecule has 5 atom stereocenters. The number of ether oxygens (including phenoxy) is 2. The summed E-state index contributed by atoms with van der Waals surface area (Å²) in [6.07, 6.45) is 1.63. The summed E-state index contributed by atoms with van der Waals surface area (Å²) in [6, 6.07) is 17.4. The van der Waals surface area contributed by atoms with Crippen LogP contribution in [-0.4, -0.2) is 52.1 Å². The van der Waals surface area contributed by atoms with Gasteiger partial charge in [0, 0.05) is 17.4 Å². The third kappa shape index (κ3) is 3.56. The Morgan fingerprint density at radius 1 is 1.07 bits per heavy atom. The van der Waals surface area contributed by atoms with Gasteiger partial charge >= 0.3 is 6.03 Å². The van der Waals surface area contributed by atoms with Crippen LogP contribution < -0.4 is 10.6 Å². The van der Waals surface area contributed by atoms with Crippen molar-refractivity contribution in [2.45, 2.75) is 30.6 Å². The second-order valence-corrected chi connectivity index (χ2v) is 7.42. The Kier molecular flexibility index (Phi) is 4.96. The van der Waals surface area contributed by atoms with Crippen LogP contribution >= 0.6 is 0 Å². The molecule has 2 aliphatic rings. The number of fused-ring (bicyclic) bond motifs is 2. The molecule has 2 aromatic carbocycles. The molecule has 0 aliphatic carbocycles. The minimum absolute atomic E-state index is 0.293. The van der Waals surface area contributed by atoms with Crippen LogP contribution in [0.1, 0.15) is 6.04 Å². The van der Waals surface area contributed by atoms with Crippen LogP contribution in [0.2, 0.25) is 0 Å². The molecule has 0 radical (unpaired) electrons. The number of urea groups is 1. The molecule has 154 valence electrons. The lowest BCUT2D eigenvalue weighted by Gasteiger charge is -2.38. The minimum Gasteiger partial charge on any atom is -0.388 e. The molecule has 8 heteroatoms. The van der Waals surface area contributed by atoms with Gasteiger partial charge in [0.1, 0.15) is 18.2 Å². The Labute approximate surface area is 173 Å². The maximum Gasteiger partial charge on any atom is 0.319 e. The highest BCUT2D eigenvalue weighted by molar-refractivity contribution is 5.89. The summed E-state index contributed by atoms with van der Waals surface area (Å²) in [6.45, 7) is 0.293. The lowest BCUT2D eigenvalue weighted by molar-refractivity contribution is -0.166. The molecular weight excluding hydrogens is 384 g/mol.